The summed E-state index contributed by atoms with van der Waals surface area (Å²) in [5.74, 6) is -0.726. The van der Waals surface area contributed by atoms with Crippen LogP contribution in [0.2, 0.25) is 0 Å². The van der Waals surface area contributed by atoms with Gasteiger partial charge in [-0.15, -0.1) is 0 Å². The first-order chi connectivity index (χ1) is 19.1. The van der Waals surface area contributed by atoms with E-state index in [-0.39, 0.29) is 24.1 Å². The van der Waals surface area contributed by atoms with E-state index < -0.39 is 25.8 Å². The van der Waals surface area contributed by atoms with Crippen LogP contribution in [-0.2, 0) is 13.8 Å². The smallest absolute Gasteiger partial charge is 0.385 e. The van der Waals surface area contributed by atoms with Crippen molar-refractivity contribution in [2.24, 2.45) is 0 Å². The van der Waals surface area contributed by atoms with E-state index >= 15 is 0 Å². The van der Waals surface area contributed by atoms with Crippen LogP contribution in [0.1, 0.15) is 129 Å². The van der Waals surface area contributed by atoms with Crippen LogP contribution >= 0.6 is 7.60 Å². The third-order valence-electron chi connectivity index (χ3n) is 7.57. The highest BCUT2D eigenvalue weighted by molar-refractivity contribution is 7.53. The summed E-state index contributed by atoms with van der Waals surface area (Å²) >= 11 is 0. The maximum Gasteiger partial charge on any atom is 0.385 e. The van der Waals surface area contributed by atoms with Crippen molar-refractivity contribution in [3.8, 4) is 0 Å². The molecule has 240 valence electrons. The predicted molar refractivity (Wildman–Crippen MR) is 165 cm³/mol. The summed E-state index contributed by atoms with van der Waals surface area (Å²) in [6, 6.07) is 0. The number of aliphatic hydroxyl groups excluding tert-OH is 2. The number of allylic oxidation sites excluding steroid dienone is 2. The molecule has 0 aliphatic rings. The average molecular weight is 595 g/mol. The fourth-order valence-electron chi connectivity index (χ4n) is 5.07. The molecule has 0 aromatic heterocycles. The first kappa shape index (κ1) is 39.7. The monoisotopic (exact) mass is 594 g/mol. The molecule has 0 heterocycles. The second-order valence-corrected chi connectivity index (χ2v) is 13.9. The Balaban J connectivity index is 3.71. The number of unbranched alkanes of at least 4 members (excludes halogenated alkanes) is 14. The molecular formula is C31H65NO7P+. The number of aliphatic hydroxyl groups is 3. The number of rotatable bonds is 29. The molecule has 8 nitrogen and oxygen atoms in total. The second-order valence-electron chi connectivity index (χ2n) is 11.9. The minimum atomic E-state index is -4.03. The van der Waals surface area contributed by atoms with Crippen molar-refractivity contribution in [1.82, 2.24) is 0 Å². The van der Waals surface area contributed by atoms with E-state index in [1.165, 1.54) is 89.9 Å². The summed E-state index contributed by atoms with van der Waals surface area (Å²) in [4.78, 5) is 10.5. The minimum absolute atomic E-state index is 0.0693. The van der Waals surface area contributed by atoms with Crippen molar-refractivity contribution in [3.63, 3.8) is 0 Å². The first-order valence-electron chi connectivity index (χ1n) is 16.1. The molecule has 0 radical (unpaired) electrons. The number of ether oxygens (including phenoxy) is 1. The van der Waals surface area contributed by atoms with Crippen LogP contribution in [0.25, 0.3) is 0 Å². The van der Waals surface area contributed by atoms with Crippen LogP contribution in [0.4, 0.5) is 0 Å². The molecule has 0 saturated heterocycles. The highest BCUT2D eigenvalue weighted by Crippen LogP contribution is 2.52. The van der Waals surface area contributed by atoms with Crippen molar-refractivity contribution < 1.29 is 38.5 Å². The van der Waals surface area contributed by atoms with Crippen molar-refractivity contribution in [1.29, 1.82) is 0 Å². The zero-order valence-electron chi connectivity index (χ0n) is 26.4. The van der Waals surface area contributed by atoms with Crippen LogP contribution in [0.3, 0.4) is 0 Å². The van der Waals surface area contributed by atoms with E-state index in [1.54, 1.807) is 21.0 Å². The highest BCUT2D eigenvalue weighted by Gasteiger charge is 2.43. The van der Waals surface area contributed by atoms with Gasteiger partial charge in [0.2, 0.25) is 0 Å². The van der Waals surface area contributed by atoms with Crippen LogP contribution < -0.4 is 0 Å². The van der Waals surface area contributed by atoms with Crippen molar-refractivity contribution in [3.05, 3.63) is 12.2 Å². The molecule has 9 heteroatoms. The molecule has 0 fully saturated rings. The molecule has 0 saturated carbocycles. The Morgan fingerprint density at radius 2 is 1.25 bits per heavy atom. The van der Waals surface area contributed by atoms with Gasteiger partial charge in [-0.25, -0.2) is 0 Å². The summed E-state index contributed by atoms with van der Waals surface area (Å²) in [6.45, 7) is 4.72. The fraction of sp³-hybridized carbons (Fsp3) is 0.935. The van der Waals surface area contributed by atoms with Gasteiger partial charge < -0.3 is 34.0 Å². The predicted octanol–water partition coefficient (Wildman–Crippen LogP) is 6.90. The zero-order valence-corrected chi connectivity index (χ0v) is 27.2. The molecule has 0 rings (SSSR count). The van der Waals surface area contributed by atoms with Gasteiger partial charge in [0.25, 0.3) is 0 Å². The van der Waals surface area contributed by atoms with Crippen molar-refractivity contribution in [2.75, 3.05) is 40.5 Å². The molecule has 0 amide bonds. The zero-order chi connectivity index (χ0) is 30.1. The Morgan fingerprint density at radius 3 is 1.75 bits per heavy atom. The van der Waals surface area contributed by atoms with Crippen LogP contribution in [0.15, 0.2) is 12.2 Å². The molecule has 0 aliphatic carbocycles. The van der Waals surface area contributed by atoms with Crippen LogP contribution in [0.5, 0.6) is 0 Å². The van der Waals surface area contributed by atoms with Crippen molar-refractivity contribution in [2.45, 2.75) is 148 Å². The summed E-state index contributed by atoms with van der Waals surface area (Å²) in [5, 5.41) is 28.4. The molecule has 0 aromatic rings. The fourth-order valence-corrected chi connectivity index (χ4v) is 6.99. The molecule has 3 atom stereocenters. The average Bonchev–Trinajstić information content (AvgIpc) is 2.90. The molecule has 0 aromatic carbocycles. The van der Waals surface area contributed by atoms with Crippen molar-refractivity contribution >= 4 is 7.60 Å². The number of quaternary nitrogens is 1. The standard InChI is InChI=1S/C31H64NO7P/c1-5-7-8-9-10-11-12-13-14-15-16-17-18-19-20-21-22-23-26-38-27-29(33)28-39-40(36,37)30(6-2)32(3,4)25-24-31(34)35/h12-13,29-31,33-35H,5-11,14-28H2,1-4H3/p+1/b13-12-/t29-,30?/m1/s1. The summed E-state index contributed by atoms with van der Waals surface area (Å²) in [5.41, 5.74) is 0. The van der Waals surface area contributed by atoms with E-state index in [0.717, 1.165) is 12.8 Å². The van der Waals surface area contributed by atoms with Gasteiger partial charge in [0.05, 0.1) is 33.9 Å². The van der Waals surface area contributed by atoms with E-state index in [0.29, 0.717) is 19.6 Å². The SMILES string of the molecule is CCCCCCC/C=C\CCCCCCCCCCCOC[C@@H](O)COP(=O)(O)C(CC)[N+](C)(C)CCC(O)O. The topological polar surface area (TPSA) is 116 Å². The molecule has 0 spiro atoms. The first-order valence-corrected chi connectivity index (χ1v) is 17.8. The van der Waals surface area contributed by atoms with E-state index in [4.69, 9.17) is 19.5 Å². The van der Waals surface area contributed by atoms with Gasteiger partial charge in [-0.1, -0.05) is 96.6 Å². The minimum Gasteiger partial charge on any atom is -0.388 e. The molecule has 0 aliphatic heterocycles. The molecular weight excluding hydrogens is 529 g/mol. The maximum atomic E-state index is 12.8. The molecule has 4 N–H and O–H groups in total. The molecule has 40 heavy (non-hydrogen) atoms. The van der Waals surface area contributed by atoms with Gasteiger partial charge in [-0.2, -0.15) is 0 Å². The summed E-state index contributed by atoms with van der Waals surface area (Å²) in [6.07, 6.45) is 23.1. The quantitative estimate of drug-likeness (QED) is 0.0245. The van der Waals surface area contributed by atoms with Gasteiger partial charge in [-0.05, 0) is 32.1 Å². The number of hydrogen-bond acceptors (Lipinski definition) is 6. The van der Waals surface area contributed by atoms with E-state index in [1.807, 2.05) is 0 Å². The Bertz CT molecular complexity index is 645. The lowest BCUT2D eigenvalue weighted by Crippen LogP contribution is -2.50. The van der Waals surface area contributed by atoms with Gasteiger partial charge in [-0.3, -0.25) is 4.57 Å². The Morgan fingerprint density at radius 1 is 0.750 bits per heavy atom. The maximum absolute atomic E-state index is 12.8. The van der Waals surface area contributed by atoms with Gasteiger partial charge >= 0.3 is 7.60 Å². The normalized spacial score (nSPS) is 15.6. The lowest BCUT2D eigenvalue weighted by molar-refractivity contribution is -0.903. The third-order valence-corrected chi connectivity index (χ3v) is 9.84. The van der Waals surface area contributed by atoms with Gasteiger partial charge in [0.1, 0.15) is 6.10 Å². The number of nitrogens with zero attached hydrogens (tertiary/aromatic N) is 1. The second kappa shape index (κ2) is 25.2. The lowest BCUT2D eigenvalue weighted by atomic mass is 10.1. The highest BCUT2D eigenvalue weighted by atomic mass is 31.2. The largest absolute Gasteiger partial charge is 0.388 e. The van der Waals surface area contributed by atoms with E-state index in [9.17, 15) is 14.6 Å². The lowest BCUT2D eigenvalue weighted by Gasteiger charge is -2.39. The number of hydrogen-bond donors (Lipinski definition) is 4. The Labute approximate surface area is 246 Å². The van der Waals surface area contributed by atoms with Crippen LogP contribution in [-0.4, -0.2) is 83.3 Å². The summed E-state index contributed by atoms with van der Waals surface area (Å²) in [7, 11) is -0.501. The third kappa shape index (κ3) is 22.3. The Hall–Kier alpha value is -0.310. The van der Waals surface area contributed by atoms with Gasteiger partial charge in [0, 0.05) is 19.4 Å². The summed E-state index contributed by atoms with van der Waals surface area (Å²) < 4.78 is 23.8. The molecule has 2 unspecified atom stereocenters. The van der Waals surface area contributed by atoms with E-state index in [2.05, 4.69) is 19.1 Å². The van der Waals surface area contributed by atoms with Crippen LogP contribution in [0, 0.1) is 0 Å². The van der Waals surface area contributed by atoms with Gasteiger partial charge in [0.15, 0.2) is 12.1 Å². The Kier molecular flexibility index (Phi) is 25.0. The molecule has 0 bridgehead atoms.